The lowest BCUT2D eigenvalue weighted by Gasteiger charge is -2.05. The van der Waals surface area contributed by atoms with Gasteiger partial charge in [-0.3, -0.25) is 4.79 Å². The maximum atomic E-state index is 13.1. The summed E-state index contributed by atoms with van der Waals surface area (Å²) in [4.78, 5) is 17.6. The first-order valence-corrected chi connectivity index (χ1v) is 10.4. The Morgan fingerprint density at radius 1 is 0.941 bits per heavy atom. The predicted octanol–water partition coefficient (Wildman–Crippen LogP) is 3.29. The van der Waals surface area contributed by atoms with Crippen molar-refractivity contribution in [3.8, 4) is 39.9 Å². The van der Waals surface area contributed by atoms with E-state index in [1.165, 1.54) is 4.57 Å². The Morgan fingerprint density at radius 3 is 2.44 bits per heavy atom. The number of fused-ring (bicyclic) bond motifs is 1. The van der Waals surface area contributed by atoms with E-state index in [1.54, 1.807) is 62.5 Å². The first-order chi connectivity index (χ1) is 16.6. The lowest BCUT2D eigenvalue weighted by molar-refractivity contribution is 0.370. The van der Waals surface area contributed by atoms with Gasteiger partial charge in [0.15, 0.2) is 0 Å². The van der Waals surface area contributed by atoms with Crippen molar-refractivity contribution in [2.45, 2.75) is 6.54 Å². The molecule has 10 heteroatoms. The monoisotopic (exact) mass is 459 g/mol. The van der Waals surface area contributed by atoms with Crippen LogP contribution >= 0.6 is 0 Å². The highest BCUT2D eigenvalue weighted by Gasteiger charge is 2.15. The van der Waals surface area contributed by atoms with Crippen LogP contribution in [0, 0.1) is 0 Å². The summed E-state index contributed by atoms with van der Waals surface area (Å²) in [6.07, 6.45) is 3.34. The Bertz CT molecular complexity index is 1510. The molecule has 5 rings (SSSR count). The van der Waals surface area contributed by atoms with Gasteiger partial charge in [-0.15, -0.1) is 0 Å². The summed E-state index contributed by atoms with van der Waals surface area (Å²) in [6, 6.07) is 14.6. The number of hydrogen-bond acceptors (Lipinski definition) is 8. The Hall–Kier alpha value is -4.60. The van der Waals surface area contributed by atoms with Crippen molar-refractivity contribution in [2.24, 2.45) is 0 Å². The molecule has 10 nitrogen and oxygen atoms in total. The van der Waals surface area contributed by atoms with Crippen LogP contribution in [0.4, 0.5) is 0 Å². The van der Waals surface area contributed by atoms with Crippen LogP contribution in [-0.4, -0.2) is 45.7 Å². The molecule has 3 heterocycles. The average Bonchev–Trinajstić information content (AvgIpc) is 3.53. The molecule has 0 saturated heterocycles. The van der Waals surface area contributed by atoms with Crippen LogP contribution in [0.5, 0.6) is 17.2 Å². The molecule has 0 N–H and O–H groups in total. The molecule has 0 saturated carbocycles. The zero-order valence-electron chi connectivity index (χ0n) is 18.8. The minimum Gasteiger partial charge on any atom is -0.497 e. The van der Waals surface area contributed by atoms with Gasteiger partial charge in [-0.05, 0) is 30.3 Å². The quantitative estimate of drug-likeness (QED) is 0.365. The van der Waals surface area contributed by atoms with E-state index in [9.17, 15) is 4.79 Å². The second-order valence-electron chi connectivity index (χ2n) is 7.40. The van der Waals surface area contributed by atoms with E-state index in [2.05, 4.69) is 15.2 Å². The van der Waals surface area contributed by atoms with Crippen LogP contribution in [0.2, 0.25) is 0 Å². The minimum atomic E-state index is -0.237. The summed E-state index contributed by atoms with van der Waals surface area (Å²) in [5, 5.41) is 8.57. The van der Waals surface area contributed by atoms with Gasteiger partial charge < -0.3 is 23.3 Å². The first-order valence-electron chi connectivity index (χ1n) is 10.4. The number of methoxy groups -OCH3 is 3. The summed E-state index contributed by atoms with van der Waals surface area (Å²) >= 11 is 0. The highest BCUT2D eigenvalue weighted by atomic mass is 16.5. The van der Waals surface area contributed by atoms with Crippen molar-refractivity contribution in [3.05, 3.63) is 77.2 Å². The molecule has 0 aliphatic carbocycles. The Morgan fingerprint density at radius 2 is 1.71 bits per heavy atom. The van der Waals surface area contributed by atoms with E-state index < -0.39 is 0 Å². The van der Waals surface area contributed by atoms with Gasteiger partial charge in [0.2, 0.25) is 11.7 Å². The van der Waals surface area contributed by atoms with Crippen LogP contribution in [0.3, 0.4) is 0 Å². The van der Waals surface area contributed by atoms with Crippen molar-refractivity contribution in [2.75, 3.05) is 21.3 Å². The summed E-state index contributed by atoms with van der Waals surface area (Å²) in [5.74, 6) is 2.54. The van der Waals surface area contributed by atoms with Crippen LogP contribution in [0.25, 0.3) is 28.2 Å². The summed E-state index contributed by atoms with van der Waals surface area (Å²) in [7, 11) is 4.74. The number of para-hydroxylation sites is 1. The second-order valence-corrected chi connectivity index (χ2v) is 7.40. The zero-order valence-corrected chi connectivity index (χ0v) is 18.8. The number of rotatable bonds is 7. The van der Waals surface area contributed by atoms with Gasteiger partial charge in [-0.1, -0.05) is 17.3 Å². The first kappa shape index (κ1) is 21.3. The Kier molecular flexibility index (Phi) is 5.46. The molecule has 3 aromatic heterocycles. The fourth-order valence-corrected chi connectivity index (χ4v) is 3.66. The Labute approximate surface area is 193 Å². The van der Waals surface area contributed by atoms with Crippen LogP contribution in [0.15, 0.2) is 70.2 Å². The maximum absolute atomic E-state index is 13.1. The van der Waals surface area contributed by atoms with Gasteiger partial charge in [0.05, 0.1) is 27.0 Å². The fourth-order valence-electron chi connectivity index (χ4n) is 3.66. The van der Waals surface area contributed by atoms with Crippen molar-refractivity contribution in [3.63, 3.8) is 0 Å². The maximum Gasteiger partial charge on any atom is 0.277 e. The molecule has 0 aliphatic heterocycles. The molecule has 0 radical (unpaired) electrons. The standard InChI is InChI=1S/C24H21N5O5/c1-31-16-10-15(11-17(12-16)32-2)23-25-22(34-27-23)14-28-8-9-29-20(24(28)30)13-19(26-29)18-6-4-5-7-21(18)33-3/h4-13H,14H2,1-3H3. The van der Waals surface area contributed by atoms with Crippen LogP contribution in [0.1, 0.15) is 5.89 Å². The molecule has 0 fully saturated rings. The second kappa shape index (κ2) is 8.74. The van der Waals surface area contributed by atoms with Gasteiger partial charge in [0, 0.05) is 29.6 Å². The molecule has 0 bridgehead atoms. The van der Waals surface area contributed by atoms with Gasteiger partial charge in [-0.25, -0.2) is 4.52 Å². The topological polar surface area (TPSA) is 106 Å². The molecule has 0 atom stereocenters. The number of benzene rings is 2. The van der Waals surface area contributed by atoms with Gasteiger partial charge in [0.25, 0.3) is 5.56 Å². The minimum absolute atomic E-state index is 0.110. The van der Waals surface area contributed by atoms with Crippen molar-refractivity contribution >= 4 is 5.52 Å². The summed E-state index contributed by atoms with van der Waals surface area (Å²) < 4.78 is 24.5. The van der Waals surface area contributed by atoms with Crippen molar-refractivity contribution in [1.82, 2.24) is 24.3 Å². The van der Waals surface area contributed by atoms with Crippen molar-refractivity contribution < 1.29 is 18.7 Å². The van der Waals surface area contributed by atoms with Gasteiger partial charge in [-0.2, -0.15) is 10.1 Å². The molecule has 0 unspecified atom stereocenters. The van der Waals surface area contributed by atoms with E-state index in [-0.39, 0.29) is 18.0 Å². The Balaban J connectivity index is 1.46. The third-order valence-electron chi connectivity index (χ3n) is 5.37. The van der Waals surface area contributed by atoms with Gasteiger partial charge in [0.1, 0.15) is 29.3 Å². The van der Waals surface area contributed by atoms with E-state index in [0.717, 1.165) is 5.56 Å². The predicted molar refractivity (Wildman–Crippen MR) is 123 cm³/mol. The zero-order chi connectivity index (χ0) is 23.7. The lowest BCUT2D eigenvalue weighted by Crippen LogP contribution is -2.21. The molecular weight excluding hydrogens is 438 g/mol. The van der Waals surface area contributed by atoms with Crippen molar-refractivity contribution in [1.29, 1.82) is 0 Å². The molecule has 0 spiro atoms. The van der Waals surface area contributed by atoms with Crippen LogP contribution < -0.4 is 19.8 Å². The molecule has 2 aromatic carbocycles. The summed E-state index contributed by atoms with van der Waals surface area (Å²) in [6.45, 7) is 0.110. The number of nitrogens with zero attached hydrogens (tertiary/aromatic N) is 5. The normalized spacial score (nSPS) is 11.0. The van der Waals surface area contributed by atoms with E-state index in [4.69, 9.17) is 18.7 Å². The van der Waals surface area contributed by atoms with Gasteiger partial charge >= 0.3 is 0 Å². The van der Waals surface area contributed by atoms with Crippen LogP contribution in [-0.2, 0) is 6.54 Å². The number of ether oxygens (including phenoxy) is 3. The average molecular weight is 459 g/mol. The molecule has 172 valence electrons. The molecular formula is C24H21N5O5. The molecule has 0 aliphatic rings. The highest BCUT2D eigenvalue weighted by Crippen LogP contribution is 2.29. The van der Waals surface area contributed by atoms with E-state index in [0.29, 0.717) is 39.8 Å². The SMILES string of the molecule is COc1cc(OC)cc(-c2noc(Cn3ccn4nc(-c5ccccc5OC)cc4c3=O)n2)c1. The molecule has 0 amide bonds. The van der Waals surface area contributed by atoms with E-state index in [1.807, 2.05) is 24.3 Å². The smallest absolute Gasteiger partial charge is 0.277 e. The fraction of sp³-hybridized carbons (Fsp3) is 0.167. The van der Waals surface area contributed by atoms with E-state index >= 15 is 0 Å². The largest absolute Gasteiger partial charge is 0.497 e. The highest BCUT2D eigenvalue weighted by molar-refractivity contribution is 5.71. The lowest BCUT2D eigenvalue weighted by atomic mass is 10.1. The number of hydrogen-bond donors (Lipinski definition) is 0. The third-order valence-corrected chi connectivity index (χ3v) is 5.37. The number of aromatic nitrogens is 5. The summed E-state index contributed by atoms with van der Waals surface area (Å²) in [5.41, 5.74) is 2.29. The third kappa shape index (κ3) is 3.85. The molecule has 5 aromatic rings. The molecule has 34 heavy (non-hydrogen) atoms.